The molecule has 0 heterocycles. The molecule has 2 rings (SSSR count). The normalized spacial score (nSPS) is 11.0. The van der Waals surface area contributed by atoms with Crippen LogP contribution in [0.4, 0.5) is 5.69 Å². The van der Waals surface area contributed by atoms with Crippen molar-refractivity contribution in [2.24, 2.45) is 0 Å². The van der Waals surface area contributed by atoms with E-state index in [2.05, 4.69) is 15.4 Å². The maximum Gasteiger partial charge on any atom is 0.251 e. The monoisotopic (exact) mass is 395 g/mol. The van der Waals surface area contributed by atoms with E-state index in [1.54, 1.807) is 37.3 Å². The SMILES string of the molecule is CNS(=O)(=O)c1cc(NC(=O)CNC(=O)c2cccc(Cl)c2)ccc1C. The fourth-order valence-electron chi connectivity index (χ4n) is 2.17. The van der Waals surface area contributed by atoms with Crippen molar-refractivity contribution in [1.29, 1.82) is 0 Å². The highest BCUT2D eigenvalue weighted by Gasteiger charge is 2.16. The molecule has 2 aromatic rings. The molecule has 0 saturated heterocycles. The number of sulfonamides is 1. The number of hydrogen-bond donors (Lipinski definition) is 3. The Morgan fingerprint density at radius 1 is 1.12 bits per heavy atom. The van der Waals surface area contributed by atoms with Gasteiger partial charge in [-0.3, -0.25) is 9.59 Å². The van der Waals surface area contributed by atoms with Gasteiger partial charge in [0, 0.05) is 16.3 Å². The first-order valence-corrected chi connectivity index (χ1v) is 9.47. The number of rotatable bonds is 6. The molecule has 3 N–H and O–H groups in total. The predicted octanol–water partition coefficient (Wildman–Crippen LogP) is 1.93. The molecule has 0 unspecified atom stereocenters. The van der Waals surface area contributed by atoms with Crippen LogP contribution in [-0.4, -0.2) is 33.8 Å². The van der Waals surface area contributed by atoms with Crippen LogP contribution < -0.4 is 15.4 Å². The van der Waals surface area contributed by atoms with Crippen LogP contribution in [0.25, 0.3) is 0 Å². The molecule has 0 fully saturated rings. The summed E-state index contributed by atoms with van der Waals surface area (Å²) < 4.78 is 26.2. The Labute approximate surface area is 156 Å². The van der Waals surface area contributed by atoms with E-state index in [0.29, 0.717) is 21.8 Å². The van der Waals surface area contributed by atoms with Crippen molar-refractivity contribution < 1.29 is 18.0 Å². The minimum absolute atomic E-state index is 0.0702. The van der Waals surface area contributed by atoms with E-state index < -0.39 is 21.8 Å². The zero-order chi connectivity index (χ0) is 19.3. The highest BCUT2D eigenvalue weighted by molar-refractivity contribution is 7.89. The predicted molar refractivity (Wildman–Crippen MR) is 99.8 cm³/mol. The zero-order valence-corrected chi connectivity index (χ0v) is 15.7. The third-order valence-electron chi connectivity index (χ3n) is 3.53. The van der Waals surface area contributed by atoms with Gasteiger partial charge in [0.25, 0.3) is 5.91 Å². The lowest BCUT2D eigenvalue weighted by molar-refractivity contribution is -0.115. The summed E-state index contributed by atoms with van der Waals surface area (Å²) in [5.41, 5.74) is 1.20. The molecule has 0 aliphatic carbocycles. The van der Waals surface area contributed by atoms with Gasteiger partial charge in [-0.05, 0) is 49.9 Å². The lowest BCUT2D eigenvalue weighted by Crippen LogP contribution is -2.32. The lowest BCUT2D eigenvalue weighted by atomic mass is 10.2. The van der Waals surface area contributed by atoms with Gasteiger partial charge in [-0.25, -0.2) is 13.1 Å². The number of carbonyl (C=O) groups excluding carboxylic acids is 2. The molecule has 0 bridgehead atoms. The Morgan fingerprint density at radius 2 is 1.85 bits per heavy atom. The summed E-state index contributed by atoms with van der Waals surface area (Å²) in [4.78, 5) is 24.1. The molecule has 0 radical (unpaired) electrons. The van der Waals surface area contributed by atoms with Crippen molar-refractivity contribution >= 4 is 39.1 Å². The van der Waals surface area contributed by atoms with Gasteiger partial charge in [-0.15, -0.1) is 0 Å². The van der Waals surface area contributed by atoms with Crippen molar-refractivity contribution in [3.05, 3.63) is 58.6 Å². The summed E-state index contributed by atoms with van der Waals surface area (Å²) in [5.74, 6) is -0.929. The molecule has 0 atom stereocenters. The maximum absolute atomic E-state index is 12.0. The summed E-state index contributed by atoms with van der Waals surface area (Å²) in [5, 5.41) is 5.44. The highest BCUT2D eigenvalue weighted by atomic mass is 35.5. The first kappa shape index (κ1) is 19.9. The molecule has 0 aromatic heterocycles. The summed E-state index contributed by atoms with van der Waals surface area (Å²) in [6, 6.07) is 10.9. The van der Waals surface area contributed by atoms with Crippen molar-refractivity contribution in [3.63, 3.8) is 0 Å². The molecular weight excluding hydrogens is 378 g/mol. The fourth-order valence-corrected chi connectivity index (χ4v) is 3.36. The first-order valence-electron chi connectivity index (χ1n) is 7.61. The minimum atomic E-state index is -3.64. The number of hydrogen-bond acceptors (Lipinski definition) is 4. The minimum Gasteiger partial charge on any atom is -0.343 e. The molecule has 2 aromatic carbocycles. The van der Waals surface area contributed by atoms with Crippen LogP contribution in [-0.2, 0) is 14.8 Å². The van der Waals surface area contributed by atoms with E-state index >= 15 is 0 Å². The van der Waals surface area contributed by atoms with E-state index in [1.165, 1.54) is 19.2 Å². The van der Waals surface area contributed by atoms with Crippen molar-refractivity contribution in [2.75, 3.05) is 18.9 Å². The molecule has 26 heavy (non-hydrogen) atoms. The number of nitrogens with one attached hydrogen (secondary N) is 3. The van der Waals surface area contributed by atoms with Crippen LogP contribution in [0.15, 0.2) is 47.4 Å². The van der Waals surface area contributed by atoms with Crippen molar-refractivity contribution in [3.8, 4) is 0 Å². The molecule has 0 saturated carbocycles. The van der Waals surface area contributed by atoms with Crippen LogP contribution in [0.3, 0.4) is 0 Å². The smallest absolute Gasteiger partial charge is 0.251 e. The topological polar surface area (TPSA) is 104 Å². The summed E-state index contributed by atoms with van der Waals surface area (Å²) in [6.45, 7) is 1.38. The van der Waals surface area contributed by atoms with E-state index in [0.717, 1.165) is 0 Å². The Hall–Kier alpha value is -2.42. The number of anilines is 1. The standard InChI is InChI=1S/C17H18ClN3O4S/c1-11-6-7-14(9-15(11)26(24,25)19-2)21-16(22)10-20-17(23)12-4-3-5-13(18)8-12/h3-9,19H,10H2,1-2H3,(H,20,23)(H,21,22). The summed E-state index contributed by atoms with van der Waals surface area (Å²) in [6.07, 6.45) is 0. The Bertz CT molecular complexity index is 945. The van der Waals surface area contributed by atoms with E-state index in [-0.39, 0.29) is 11.4 Å². The molecule has 0 spiro atoms. The molecular formula is C17H18ClN3O4S. The summed E-state index contributed by atoms with van der Waals surface area (Å²) in [7, 11) is -2.33. The van der Waals surface area contributed by atoms with E-state index in [1.807, 2.05) is 0 Å². The van der Waals surface area contributed by atoms with Gasteiger partial charge in [0.05, 0.1) is 11.4 Å². The average molecular weight is 396 g/mol. The quantitative estimate of drug-likeness (QED) is 0.695. The number of amides is 2. The maximum atomic E-state index is 12.0. The van der Waals surface area contributed by atoms with Gasteiger partial charge in [-0.1, -0.05) is 23.7 Å². The Balaban J connectivity index is 2.02. The largest absolute Gasteiger partial charge is 0.343 e. The molecule has 2 amide bonds. The zero-order valence-electron chi connectivity index (χ0n) is 14.2. The van der Waals surface area contributed by atoms with Crippen LogP contribution in [0, 0.1) is 6.92 Å². The van der Waals surface area contributed by atoms with E-state index in [4.69, 9.17) is 11.6 Å². The molecule has 9 heteroatoms. The second kappa shape index (κ2) is 8.31. The highest BCUT2D eigenvalue weighted by Crippen LogP contribution is 2.19. The van der Waals surface area contributed by atoms with Gasteiger partial charge >= 0.3 is 0 Å². The fraction of sp³-hybridized carbons (Fsp3) is 0.176. The molecule has 138 valence electrons. The third-order valence-corrected chi connectivity index (χ3v) is 5.32. The second-order valence-electron chi connectivity index (χ2n) is 5.43. The van der Waals surface area contributed by atoms with Gasteiger partial charge in [0.15, 0.2) is 0 Å². The first-order chi connectivity index (χ1) is 12.2. The Morgan fingerprint density at radius 3 is 2.50 bits per heavy atom. The number of halogens is 1. The molecule has 0 aliphatic heterocycles. The van der Waals surface area contributed by atoms with Crippen molar-refractivity contribution in [2.45, 2.75) is 11.8 Å². The summed E-state index contributed by atoms with van der Waals surface area (Å²) >= 11 is 5.82. The van der Waals surface area contributed by atoms with Crippen LogP contribution in [0.2, 0.25) is 5.02 Å². The average Bonchev–Trinajstić information content (AvgIpc) is 2.61. The molecule has 0 aliphatic rings. The van der Waals surface area contributed by atoms with Crippen molar-refractivity contribution in [1.82, 2.24) is 10.0 Å². The molecule has 7 nitrogen and oxygen atoms in total. The lowest BCUT2D eigenvalue weighted by Gasteiger charge is -2.11. The van der Waals surface area contributed by atoms with E-state index in [9.17, 15) is 18.0 Å². The number of carbonyl (C=O) groups is 2. The van der Waals surface area contributed by atoms with Gasteiger partial charge in [-0.2, -0.15) is 0 Å². The number of aryl methyl sites for hydroxylation is 1. The third kappa shape index (κ3) is 5.04. The Kier molecular flexibility index (Phi) is 6.36. The second-order valence-corrected chi connectivity index (χ2v) is 7.72. The van der Waals surface area contributed by atoms with Gasteiger partial charge < -0.3 is 10.6 Å². The number of benzene rings is 2. The van der Waals surface area contributed by atoms with Gasteiger partial charge in [0.2, 0.25) is 15.9 Å². The van der Waals surface area contributed by atoms with Crippen LogP contribution >= 0.6 is 11.6 Å². The van der Waals surface area contributed by atoms with Crippen LogP contribution in [0.5, 0.6) is 0 Å². The van der Waals surface area contributed by atoms with Crippen LogP contribution in [0.1, 0.15) is 15.9 Å². The van der Waals surface area contributed by atoms with Gasteiger partial charge in [0.1, 0.15) is 0 Å².